The van der Waals surface area contributed by atoms with E-state index in [1.165, 1.54) is 5.56 Å². The minimum absolute atomic E-state index is 1.01. The van der Waals surface area contributed by atoms with Crippen molar-refractivity contribution in [2.24, 2.45) is 5.10 Å². The highest BCUT2D eigenvalue weighted by Gasteiger charge is 2.11. The molecule has 0 saturated carbocycles. The molecule has 0 atom stereocenters. The van der Waals surface area contributed by atoms with Crippen LogP contribution in [0.3, 0.4) is 0 Å². The van der Waals surface area contributed by atoms with E-state index in [1.807, 2.05) is 59.8 Å². The van der Waals surface area contributed by atoms with E-state index in [0.717, 1.165) is 34.0 Å². The highest BCUT2D eigenvalue weighted by Crippen LogP contribution is 2.34. The molecule has 0 aliphatic rings. The highest BCUT2D eigenvalue weighted by molar-refractivity contribution is 5.81. The number of nitrogens with zero attached hydrogens (tertiary/aromatic N) is 3. The predicted octanol–water partition coefficient (Wildman–Crippen LogP) is 9.30. The van der Waals surface area contributed by atoms with E-state index < -0.39 is 0 Å². The van der Waals surface area contributed by atoms with Crippen molar-refractivity contribution in [1.29, 1.82) is 0 Å². The summed E-state index contributed by atoms with van der Waals surface area (Å²) in [4.78, 5) is 2.27. The zero-order valence-corrected chi connectivity index (χ0v) is 20.9. The Labute approximate surface area is 219 Å². The van der Waals surface area contributed by atoms with Gasteiger partial charge in [0.1, 0.15) is 0 Å². The van der Waals surface area contributed by atoms with Crippen LogP contribution in [0.1, 0.15) is 11.1 Å². The van der Waals surface area contributed by atoms with Gasteiger partial charge in [0.05, 0.1) is 11.4 Å². The molecule has 0 radical (unpaired) electrons. The first-order chi connectivity index (χ1) is 18.3. The third kappa shape index (κ3) is 6.03. The normalized spacial score (nSPS) is 11.2. The molecular formula is C34H29N3. The van der Waals surface area contributed by atoms with E-state index in [4.69, 9.17) is 5.10 Å². The number of benzene rings is 5. The largest absolute Gasteiger partial charge is 0.311 e. The van der Waals surface area contributed by atoms with E-state index in [9.17, 15) is 0 Å². The lowest BCUT2D eigenvalue weighted by molar-refractivity contribution is 1.09. The lowest BCUT2D eigenvalue weighted by atomic mass is 10.1. The van der Waals surface area contributed by atoms with Gasteiger partial charge in [0.15, 0.2) is 0 Å². The molecule has 0 unspecified atom stereocenters. The number of para-hydroxylation sites is 3. The molecule has 5 rings (SSSR count). The van der Waals surface area contributed by atoms with Gasteiger partial charge in [0.2, 0.25) is 0 Å². The fourth-order valence-corrected chi connectivity index (χ4v) is 4.13. The van der Waals surface area contributed by atoms with E-state index in [1.54, 1.807) is 0 Å². The number of anilines is 5. The van der Waals surface area contributed by atoms with Crippen LogP contribution < -0.4 is 9.91 Å². The monoisotopic (exact) mass is 479 g/mol. The molecule has 0 saturated heterocycles. The number of aryl methyl sites for hydroxylation is 1. The Balaban J connectivity index is 1.36. The molecule has 0 bridgehead atoms. The molecule has 5 aromatic carbocycles. The number of hydrazone groups is 1. The van der Waals surface area contributed by atoms with Crippen LogP contribution in [0.2, 0.25) is 0 Å². The molecule has 0 amide bonds. The first-order valence-corrected chi connectivity index (χ1v) is 12.4. The van der Waals surface area contributed by atoms with Gasteiger partial charge in [-0.2, -0.15) is 5.10 Å². The zero-order chi connectivity index (χ0) is 25.3. The second-order valence-corrected chi connectivity index (χ2v) is 8.70. The topological polar surface area (TPSA) is 18.8 Å². The van der Waals surface area contributed by atoms with Crippen molar-refractivity contribution in [1.82, 2.24) is 0 Å². The molecule has 0 spiro atoms. The van der Waals surface area contributed by atoms with Gasteiger partial charge >= 0.3 is 0 Å². The number of rotatable bonds is 8. The molecule has 3 nitrogen and oxygen atoms in total. The van der Waals surface area contributed by atoms with Crippen molar-refractivity contribution in [3.05, 3.63) is 157 Å². The second-order valence-electron chi connectivity index (χ2n) is 8.70. The lowest BCUT2D eigenvalue weighted by Gasteiger charge is -2.25. The van der Waals surface area contributed by atoms with Crippen LogP contribution in [-0.4, -0.2) is 6.21 Å². The highest BCUT2D eigenvalue weighted by atomic mass is 15.5. The summed E-state index contributed by atoms with van der Waals surface area (Å²) in [5, 5.41) is 6.66. The minimum atomic E-state index is 1.01. The Morgan fingerprint density at radius 1 is 0.486 bits per heavy atom. The van der Waals surface area contributed by atoms with Crippen LogP contribution >= 0.6 is 0 Å². The van der Waals surface area contributed by atoms with Crippen LogP contribution in [0.15, 0.2) is 151 Å². The van der Waals surface area contributed by atoms with E-state index in [0.29, 0.717) is 0 Å². The van der Waals surface area contributed by atoms with Gasteiger partial charge in [-0.1, -0.05) is 90.5 Å². The number of hydrogen-bond donors (Lipinski definition) is 0. The van der Waals surface area contributed by atoms with Gasteiger partial charge in [-0.25, -0.2) is 5.01 Å². The van der Waals surface area contributed by atoms with Crippen molar-refractivity contribution in [2.75, 3.05) is 9.91 Å². The van der Waals surface area contributed by atoms with E-state index >= 15 is 0 Å². The summed E-state index contributed by atoms with van der Waals surface area (Å²) in [7, 11) is 0. The van der Waals surface area contributed by atoms with Crippen LogP contribution in [0.4, 0.5) is 28.4 Å². The summed E-state index contributed by atoms with van der Waals surface area (Å²) >= 11 is 0. The Bertz CT molecular complexity index is 1400. The minimum Gasteiger partial charge on any atom is -0.311 e. The van der Waals surface area contributed by atoms with Gasteiger partial charge < -0.3 is 4.90 Å². The van der Waals surface area contributed by atoms with Gasteiger partial charge in [-0.3, -0.25) is 0 Å². The van der Waals surface area contributed by atoms with Gasteiger partial charge in [0, 0.05) is 23.3 Å². The summed E-state index contributed by atoms with van der Waals surface area (Å²) in [6.07, 6.45) is 5.87. The maximum absolute atomic E-state index is 4.72. The summed E-state index contributed by atoms with van der Waals surface area (Å²) in [5.41, 5.74) is 7.76. The van der Waals surface area contributed by atoms with Crippen molar-refractivity contribution in [2.45, 2.75) is 6.92 Å². The maximum Gasteiger partial charge on any atom is 0.0652 e. The van der Waals surface area contributed by atoms with Crippen LogP contribution in [-0.2, 0) is 0 Å². The van der Waals surface area contributed by atoms with Crippen molar-refractivity contribution >= 4 is 40.7 Å². The molecule has 3 heteroatoms. The Hall–Kier alpha value is -4.89. The SMILES string of the molecule is Cc1ccc(N(c2ccccc2)c2ccc(/C=C/C=N/N(c3ccccc3)c3ccccc3)cc2)cc1. The first-order valence-electron chi connectivity index (χ1n) is 12.4. The van der Waals surface area contributed by atoms with Crippen molar-refractivity contribution in [3.8, 4) is 0 Å². The average Bonchev–Trinajstić information content (AvgIpc) is 2.96. The van der Waals surface area contributed by atoms with Gasteiger partial charge in [0.25, 0.3) is 0 Å². The standard InChI is InChI=1S/C34H29N3/c1-28-19-23-31(24-20-28)36(30-13-5-2-6-14-30)32-25-21-29(22-26-32)12-11-27-35-37(33-15-7-3-8-16-33)34-17-9-4-10-18-34/h2-27H,1H3/b12-11+,35-27+. The summed E-state index contributed by atoms with van der Waals surface area (Å²) in [6, 6.07) is 48.0. The van der Waals surface area contributed by atoms with Crippen LogP contribution in [0, 0.1) is 6.92 Å². The smallest absolute Gasteiger partial charge is 0.0652 e. The molecule has 0 aromatic heterocycles. The first kappa shape index (κ1) is 23.8. The lowest BCUT2D eigenvalue weighted by Crippen LogP contribution is -2.09. The molecule has 0 aliphatic heterocycles. The predicted molar refractivity (Wildman–Crippen MR) is 158 cm³/mol. The molecule has 0 heterocycles. The van der Waals surface area contributed by atoms with E-state index in [2.05, 4.69) is 115 Å². The Kier molecular flexibility index (Phi) is 7.53. The Morgan fingerprint density at radius 2 is 0.919 bits per heavy atom. The van der Waals surface area contributed by atoms with Crippen molar-refractivity contribution in [3.63, 3.8) is 0 Å². The molecule has 0 fully saturated rings. The number of allylic oxidation sites excluding steroid dienone is 1. The summed E-state index contributed by atoms with van der Waals surface area (Å²) < 4.78 is 0. The summed E-state index contributed by atoms with van der Waals surface area (Å²) in [5.74, 6) is 0. The van der Waals surface area contributed by atoms with E-state index in [-0.39, 0.29) is 0 Å². The molecule has 0 N–H and O–H groups in total. The Morgan fingerprint density at radius 3 is 1.43 bits per heavy atom. The maximum atomic E-state index is 4.72. The van der Waals surface area contributed by atoms with Gasteiger partial charge in [-0.05, 0) is 79.2 Å². The number of hydrogen-bond acceptors (Lipinski definition) is 3. The second kappa shape index (κ2) is 11.7. The zero-order valence-electron chi connectivity index (χ0n) is 20.9. The molecule has 180 valence electrons. The van der Waals surface area contributed by atoms with Crippen molar-refractivity contribution < 1.29 is 0 Å². The molecule has 0 aliphatic carbocycles. The third-order valence-electron chi connectivity index (χ3n) is 6.02. The molecule has 5 aromatic rings. The fourth-order valence-electron chi connectivity index (χ4n) is 4.13. The summed E-state index contributed by atoms with van der Waals surface area (Å²) in [6.45, 7) is 2.11. The average molecular weight is 480 g/mol. The van der Waals surface area contributed by atoms with Gasteiger partial charge in [-0.15, -0.1) is 0 Å². The molecular weight excluding hydrogens is 450 g/mol. The third-order valence-corrected chi connectivity index (χ3v) is 6.02. The van der Waals surface area contributed by atoms with Crippen LogP contribution in [0.25, 0.3) is 6.08 Å². The molecule has 37 heavy (non-hydrogen) atoms. The van der Waals surface area contributed by atoms with Crippen LogP contribution in [0.5, 0.6) is 0 Å². The quantitative estimate of drug-likeness (QED) is 0.163. The fraction of sp³-hybridized carbons (Fsp3) is 0.0294.